The molecule has 1 aliphatic carbocycles. The summed E-state index contributed by atoms with van der Waals surface area (Å²) in [5, 5.41) is 4.18. The molecule has 2 aromatic carbocycles. The van der Waals surface area contributed by atoms with E-state index in [1.165, 1.54) is 11.1 Å². The van der Waals surface area contributed by atoms with Gasteiger partial charge in [0.2, 0.25) is 0 Å². The third-order valence-corrected chi connectivity index (χ3v) is 4.32. The number of nitrogens with one attached hydrogen (secondary N) is 1. The van der Waals surface area contributed by atoms with Crippen molar-refractivity contribution in [2.45, 2.75) is 18.6 Å². The minimum Gasteiger partial charge on any atom is -0.497 e. The van der Waals surface area contributed by atoms with Crippen molar-refractivity contribution in [3.63, 3.8) is 0 Å². The first-order valence-electron chi connectivity index (χ1n) is 6.65. The predicted molar refractivity (Wildman–Crippen MR) is 78.9 cm³/mol. The fourth-order valence-corrected chi connectivity index (χ4v) is 3.27. The zero-order chi connectivity index (χ0) is 13.7. The van der Waals surface area contributed by atoms with Crippen molar-refractivity contribution >= 4 is 17.3 Å². The predicted octanol–water partition coefficient (Wildman–Crippen LogP) is 3.82. The summed E-state index contributed by atoms with van der Waals surface area (Å²) in [4.78, 5) is 0. The second-order valence-corrected chi connectivity index (χ2v) is 5.58. The Morgan fingerprint density at radius 1 is 1.30 bits per heavy atom. The van der Waals surface area contributed by atoms with Crippen molar-refractivity contribution in [2.24, 2.45) is 0 Å². The van der Waals surface area contributed by atoms with Gasteiger partial charge in [-0.1, -0.05) is 23.7 Å². The number of hydrogen-bond acceptors (Lipinski definition) is 3. The van der Waals surface area contributed by atoms with Gasteiger partial charge in [0.25, 0.3) is 0 Å². The molecule has 4 rings (SSSR count). The third-order valence-electron chi connectivity index (χ3n) is 4.02. The molecule has 0 bridgehead atoms. The summed E-state index contributed by atoms with van der Waals surface area (Å²) in [7, 11) is 1.68. The number of hydrogen-bond donors (Lipinski definition) is 1. The van der Waals surface area contributed by atoms with E-state index in [0.717, 1.165) is 23.6 Å². The Balaban J connectivity index is 1.77. The topological polar surface area (TPSA) is 30.5 Å². The van der Waals surface area contributed by atoms with E-state index >= 15 is 0 Å². The van der Waals surface area contributed by atoms with Crippen LogP contribution in [0.15, 0.2) is 36.4 Å². The quantitative estimate of drug-likeness (QED) is 0.865. The van der Waals surface area contributed by atoms with Crippen molar-refractivity contribution in [1.29, 1.82) is 0 Å². The molecule has 3 nitrogen and oxygen atoms in total. The summed E-state index contributed by atoms with van der Waals surface area (Å²) in [6.07, 6.45) is 0.947. The molecule has 1 aliphatic heterocycles. The molecule has 20 heavy (non-hydrogen) atoms. The molecule has 102 valence electrons. The Hall–Kier alpha value is -1.87. The summed E-state index contributed by atoms with van der Waals surface area (Å²) >= 11 is 6.23. The minimum atomic E-state index is -0.00694. The van der Waals surface area contributed by atoms with Crippen LogP contribution in [0.2, 0.25) is 5.02 Å². The third kappa shape index (κ3) is 1.66. The highest BCUT2D eigenvalue weighted by Crippen LogP contribution is 2.46. The number of halogens is 1. The molecule has 2 unspecified atom stereocenters. The van der Waals surface area contributed by atoms with E-state index in [-0.39, 0.29) is 12.1 Å². The second kappa shape index (κ2) is 4.32. The van der Waals surface area contributed by atoms with Gasteiger partial charge < -0.3 is 14.8 Å². The molecule has 0 saturated carbocycles. The SMILES string of the molecule is COc1ccc2c(c1)C1Oc3c(Cl)cccc3NC1C2. The molecule has 0 fully saturated rings. The lowest BCUT2D eigenvalue weighted by Gasteiger charge is -2.31. The molecule has 1 N–H and O–H groups in total. The molecule has 1 heterocycles. The lowest BCUT2D eigenvalue weighted by molar-refractivity contribution is 0.183. The Kier molecular flexibility index (Phi) is 2.57. The van der Waals surface area contributed by atoms with Gasteiger partial charge in [0, 0.05) is 5.56 Å². The van der Waals surface area contributed by atoms with Crippen LogP contribution in [0.25, 0.3) is 0 Å². The molecular formula is C16H14ClNO2. The normalized spacial score (nSPS) is 22.1. The Morgan fingerprint density at radius 3 is 3.05 bits per heavy atom. The van der Waals surface area contributed by atoms with E-state index in [1.54, 1.807) is 7.11 Å². The van der Waals surface area contributed by atoms with E-state index in [2.05, 4.69) is 17.4 Å². The number of fused-ring (bicyclic) bond motifs is 4. The van der Waals surface area contributed by atoms with E-state index in [4.69, 9.17) is 21.1 Å². The summed E-state index contributed by atoms with van der Waals surface area (Å²) in [5.74, 6) is 1.60. The van der Waals surface area contributed by atoms with E-state index in [1.807, 2.05) is 24.3 Å². The maximum Gasteiger partial charge on any atom is 0.162 e. The lowest BCUT2D eigenvalue weighted by atomic mass is 10.1. The number of benzene rings is 2. The largest absolute Gasteiger partial charge is 0.497 e. The molecule has 0 spiro atoms. The molecule has 0 saturated heterocycles. The van der Waals surface area contributed by atoms with Crippen LogP contribution in [0, 0.1) is 0 Å². The average molecular weight is 288 g/mol. The van der Waals surface area contributed by atoms with Gasteiger partial charge in [-0.3, -0.25) is 0 Å². The zero-order valence-electron chi connectivity index (χ0n) is 11.0. The summed E-state index contributed by atoms with van der Waals surface area (Å²) in [6.45, 7) is 0. The molecule has 4 heteroatoms. The molecule has 2 aromatic rings. The van der Waals surface area contributed by atoms with Crippen LogP contribution in [0.4, 0.5) is 5.69 Å². The molecule has 0 radical (unpaired) electrons. The first-order chi connectivity index (χ1) is 9.76. The maximum atomic E-state index is 6.23. The maximum absolute atomic E-state index is 6.23. The fourth-order valence-electron chi connectivity index (χ4n) is 3.05. The van der Waals surface area contributed by atoms with E-state index < -0.39 is 0 Å². The number of ether oxygens (including phenoxy) is 2. The van der Waals surface area contributed by atoms with Gasteiger partial charge in [-0.05, 0) is 36.2 Å². The Labute approximate surface area is 122 Å². The summed E-state index contributed by atoms with van der Waals surface area (Å²) < 4.78 is 11.5. The van der Waals surface area contributed by atoms with Crippen LogP contribution >= 0.6 is 11.6 Å². The minimum absolute atomic E-state index is 0.00694. The molecule has 2 aliphatic rings. The van der Waals surface area contributed by atoms with Crippen molar-refractivity contribution in [1.82, 2.24) is 0 Å². The molecule has 2 atom stereocenters. The van der Waals surface area contributed by atoms with Crippen LogP contribution < -0.4 is 14.8 Å². The lowest BCUT2D eigenvalue weighted by Crippen LogP contribution is -2.32. The average Bonchev–Trinajstić information content (AvgIpc) is 2.82. The number of methoxy groups -OCH3 is 1. The summed E-state index contributed by atoms with van der Waals surface area (Å²) in [5.41, 5.74) is 3.46. The summed E-state index contributed by atoms with van der Waals surface area (Å²) in [6, 6.07) is 12.2. The van der Waals surface area contributed by atoms with Gasteiger partial charge in [-0.25, -0.2) is 0 Å². The number of anilines is 1. The van der Waals surface area contributed by atoms with E-state index in [0.29, 0.717) is 5.02 Å². The van der Waals surface area contributed by atoms with Gasteiger partial charge in [0.15, 0.2) is 5.75 Å². The van der Waals surface area contributed by atoms with Crippen molar-refractivity contribution in [3.05, 3.63) is 52.5 Å². The van der Waals surface area contributed by atoms with Gasteiger partial charge >= 0.3 is 0 Å². The highest BCUT2D eigenvalue weighted by atomic mass is 35.5. The van der Waals surface area contributed by atoms with Gasteiger partial charge in [0.1, 0.15) is 11.9 Å². The highest BCUT2D eigenvalue weighted by Gasteiger charge is 2.38. The van der Waals surface area contributed by atoms with Crippen molar-refractivity contribution in [2.75, 3.05) is 12.4 Å². The highest BCUT2D eigenvalue weighted by molar-refractivity contribution is 6.32. The fraction of sp³-hybridized carbons (Fsp3) is 0.250. The van der Waals surface area contributed by atoms with Crippen LogP contribution in [-0.4, -0.2) is 13.2 Å². The Bertz CT molecular complexity index is 686. The monoisotopic (exact) mass is 287 g/mol. The van der Waals surface area contributed by atoms with Gasteiger partial charge in [-0.15, -0.1) is 0 Å². The number of para-hydroxylation sites is 1. The van der Waals surface area contributed by atoms with Gasteiger partial charge in [0.05, 0.1) is 23.9 Å². The smallest absolute Gasteiger partial charge is 0.162 e. The van der Waals surface area contributed by atoms with Crippen LogP contribution in [0.1, 0.15) is 17.2 Å². The van der Waals surface area contributed by atoms with Crippen LogP contribution in [-0.2, 0) is 6.42 Å². The van der Waals surface area contributed by atoms with Crippen molar-refractivity contribution < 1.29 is 9.47 Å². The van der Waals surface area contributed by atoms with Crippen LogP contribution in [0.5, 0.6) is 11.5 Å². The zero-order valence-corrected chi connectivity index (χ0v) is 11.8. The van der Waals surface area contributed by atoms with E-state index in [9.17, 15) is 0 Å². The van der Waals surface area contributed by atoms with Crippen molar-refractivity contribution in [3.8, 4) is 11.5 Å². The second-order valence-electron chi connectivity index (χ2n) is 5.17. The number of rotatable bonds is 1. The van der Waals surface area contributed by atoms with Crippen LogP contribution in [0.3, 0.4) is 0 Å². The first-order valence-corrected chi connectivity index (χ1v) is 7.02. The Morgan fingerprint density at radius 2 is 2.20 bits per heavy atom. The molecular weight excluding hydrogens is 274 g/mol. The first kappa shape index (κ1) is 11.9. The molecule has 0 amide bonds. The van der Waals surface area contributed by atoms with Gasteiger partial charge in [-0.2, -0.15) is 0 Å². The standard InChI is InChI=1S/C16H14ClNO2/c1-19-10-6-5-9-7-14-15(11(9)8-10)20-16-12(17)3-2-4-13(16)18-14/h2-6,8,14-15,18H,7H2,1H3. The molecule has 0 aromatic heterocycles.